The van der Waals surface area contributed by atoms with E-state index in [9.17, 15) is 15.0 Å². The molecule has 9 nitrogen and oxygen atoms in total. The second kappa shape index (κ2) is 16.5. The number of ether oxygens (including phenoxy) is 1. The number of halogens is 2. The van der Waals surface area contributed by atoms with Crippen LogP contribution in [0.25, 0.3) is 0 Å². The number of hydrogen-bond donors (Lipinski definition) is 4. The summed E-state index contributed by atoms with van der Waals surface area (Å²) in [5.74, 6) is 1.12. The second-order valence-electron chi connectivity index (χ2n) is 10.1. The molecular formula is C28H41ClFN5O4. The Morgan fingerprint density at radius 1 is 1.21 bits per heavy atom. The maximum absolute atomic E-state index is 15.1. The normalized spacial score (nSPS) is 15.0. The molecule has 1 aromatic heterocycles. The minimum atomic E-state index is -0.372. The van der Waals surface area contributed by atoms with Gasteiger partial charge >= 0.3 is 0 Å². The first-order chi connectivity index (χ1) is 18.9. The van der Waals surface area contributed by atoms with Gasteiger partial charge < -0.3 is 30.5 Å². The van der Waals surface area contributed by atoms with Gasteiger partial charge in [-0.1, -0.05) is 17.7 Å². The van der Waals surface area contributed by atoms with Gasteiger partial charge in [-0.3, -0.25) is 4.79 Å². The number of anilines is 1. The van der Waals surface area contributed by atoms with Crippen LogP contribution in [0.1, 0.15) is 56.9 Å². The quantitative estimate of drug-likeness (QED) is 0.229. The zero-order valence-electron chi connectivity index (χ0n) is 22.6. The molecule has 1 unspecified atom stereocenters. The molecule has 1 saturated heterocycles. The number of nitrogens with zero attached hydrogens (tertiary/aromatic N) is 3. The van der Waals surface area contributed by atoms with Gasteiger partial charge in [0.1, 0.15) is 11.6 Å². The third-order valence-corrected chi connectivity index (χ3v) is 7.34. The molecule has 1 amide bonds. The number of aromatic nitrogens is 2. The van der Waals surface area contributed by atoms with E-state index in [0.29, 0.717) is 54.8 Å². The summed E-state index contributed by atoms with van der Waals surface area (Å²) in [6.07, 6.45) is 8.67. The van der Waals surface area contributed by atoms with Crippen LogP contribution >= 0.6 is 11.6 Å². The first-order valence-corrected chi connectivity index (χ1v) is 14.1. The van der Waals surface area contributed by atoms with Crippen LogP contribution in [0.3, 0.4) is 0 Å². The lowest BCUT2D eigenvalue weighted by atomic mass is 9.92. The van der Waals surface area contributed by atoms with E-state index in [1.807, 2.05) is 0 Å². The van der Waals surface area contributed by atoms with Crippen LogP contribution in [0.5, 0.6) is 5.75 Å². The highest BCUT2D eigenvalue weighted by molar-refractivity contribution is 6.30. The van der Waals surface area contributed by atoms with Gasteiger partial charge in [0.05, 0.1) is 43.3 Å². The van der Waals surface area contributed by atoms with Crippen molar-refractivity contribution in [2.45, 2.75) is 57.4 Å². The number of carbonyl (C=O) groups is 1. The SMILES string of the molecule is CC(=O)NCC(CCCNC(CO)CO)c1ccc(OCCCC2CCN(c3ncc(Cl)cn3)CC2)cc1F. The molecular weight excluding hydrogens is 525 g/mol. The van der Waals surface area contributed by atoms with Crippen LogP contribution in [0.15, 0.2) is 30.6 Å². The zero-order chi connectivity index (χ0) is 28.0. The molecule has 216 valence electrons. The number of amides is 1. The molecule has 0 bridgehead atoms. The predicted octanol–water partition coefficient (Wildman–Crippen LogP) is 3.29. The maximum atomic E-state index is 15.1. The minimum absolute atomic E-state index is 0.152. The fourth-order valence-corrected chi connectivity index (χ4v) is 4.95. The summed E-state index contributed by atoms with van der Waals surface area (Å²) in [4.78, 5) is 22.3. The molecule has 11 heteroatoms. The highest BCUT2D eigenvalue weighted by Crippen LogP contribution is 2.28. The van der Waals surface area contributed by atoms with Crippen molar-refractivity contribution < 1.29 is 24.1 Å². The molecule has 1 atom stereocenters. The molecule has 0 saturated carbocycles. The Labute approximate surface area is 235 Å². The number of benzene rings is 1. The van der Waals surface area contributed by atoms with Gasteiger partial charge in [0.2, 0.25) is 11.9 Å². The maximum Gasteiger partial charge on any atom is 0.225 e. The van der Waals surface area contributed by atoms with Gasteiger partial charge in [-0.05, 0) is 62.6 Å². The average molecular weight is 566 g/mol. The first kappa shape index (κ1) is 31.0. The molecule has 1 aliphatic heterocycles. The lowest BCUT2D eigenvalue weighted by molar-refractivity contribution is -0.119. The van der Waals surface area contributed by atoms with Gasteiger partial charge in [-0.25, -0.2) is 14.4 Å². The average Bonchev–Trinajstić information content (AvgIpc) is 2.94. The number of hydrogen-bond acceptors (Lipinski definition) is 8. The second-order valence-corrected chi connectivity index (χ2v) is 10.5. The Morgan fingerprint density at radius 3 is 2.56 bits per heavy atom. The van der Waals surface area contributed by atoms with Crippen LogP contribution in [0, 0.1) is 11.7 Å². The van der Waals surface area contributed by atoms with Crippen LogP contribution in [0.2, 0.25) is 5.02 Å². The molecule has 1 aliphatic rings. The van der Waals surface area contributed by atoms with Crippen molar-refractivity contribution in [2.24, 2.45) is 5.92 Å². The van der Waals surface area contributed by atoms with Crippen LogP contribution < -0.4 is 20.3 Å². The van der Waals surface area contributed by atoms with Gasteiger partial charge in [-0.2, -0.15) is 0 Å². The van der Waals surface area contributed by atoms with Crippen molar-refractivity contribution in [2.75, 3.05) is 50.9 Å². The lowest BCUT2D eigenvalue weighted by Crippen LogP contribution is -2.36. The Morgan fingerprint density at radius 2 is 1.92 bits per heavy atom. The zero-order valence-corrected chi connectivity index (χ0v) is 23.4. The van der Waals surface area contributed by atoms with Crippen LogP contribution in [-0.2, 0) is 4.79 Å². The van der Waals surface area contributed by atoms with E-state index >= 15 is 4.39 Å². The van der Waals surface area contributed by atoms with E-state index in [4.69, 9.17) is 16.3 Å². The van der Waals surface area contributed by atoms with E-state index in [0.717, 1.165) is 44.7 Å². The molecule has 2 heterocycles. The van der Waals surface area contributed by atoms with Crippen LogP contribution in [0.4, 0.5) is 10.3 Å². The smallest absolute Gasteiger partial charge is 0.225 e. The number of piperidine rings is 1. The fraction of sp³-hybridized carbons (Fsp3) is 0.607. The molecule has 0 radical (unpaired) electrons. The molecule has 4 N–H and O–H groups in total. The molecule has 1 fully saturated rings. The first-order valence-electron chi connectivity index (χ1n) is 13.7. The summed E-state index contributed by atoms with van der Waals surface area (Å²) in [7, 11) is 0. The van der Waals surface area contributed by atoms with Gasteiger partial charge in [0, 0.05) is 38.5 Å². The third-order valence-electron chi connectivity index (χ3n) is 7.14. The van der Waals surface area contributed by atoms with E-state index in [-0.39, 0.29) is 36.9 Å². The summed E-state index contributed by atoms with van der Waals surface area (Å²) in [6.45, 7) is 4.39. The van der Waals surface area contributed by atoms with E-state index < -0.39 is 0 Å². The Bertz CT molecular complexity index is 1000. The largest absolute Gasteiger partial charge is 0.493 e. The topological polar surface area (TPSA) is 120 Å². The molecule has 39 heavy (non-hydrogen) atoms. The van der Waals surface area contributed by atoms with Crippen LogP contribution in [-0.4, -0.2) is 78.1 Å². The Balaban J connectivity index is 1.42. The molecule has 2 aromatic rings. The highest BCUT2D eigenvalue weighted by Gasteiger charge is 2.21. The molecule has 1 aromatic carbocycles. The predicted molar refractivity (Wildman–Crippen MR) is 150 cm³/mol. The van der Waals surface area contributed by atoms with Crippen molar-refractivity contribution in [3.63, 3.8) is 0 Å². The number of rotatable bonds is 16. The standard InChI is InChI=1S/C28H41ClFN5O4/c1-20(38)32-15-22(5-2-10-31-24(18-36)19-37)26-7-6-25(14-27(26)30)39-13-3-4-21-8-11-35(12-9-21)28-33-16-23(29)17-34-28/h6-7,14,16-17,21-22,24,31,36-37H,2-5,8-13,15,18-19H2,1H3,(H,32,38). The monoisotopic (exact) mass is 565 g/mol. The van der Waals surface area contributed by atoms with Crippen molar-refractivity contribution in [3.05, 3.63) is 47.0 Å². The molecule has 0 spiro atoms. The summed E-state index contributed by atoms with van der Waals surface area (Å²) >= 11 is 5.88. The molecule has 0 aliphatic carbocycles. The van der Waals surface area contributed by atoms with E-state index in [2.05, 4.69) is 25.5 Å². The third kappa shape index (κ3) is 10.5. The summed E-state index contributed by atoms with van der Waals surface area (Å²) in [5, 5.41) is 24.8. The van der Waals surface area contributed by atoms with Crippen molar-refractivity contribution in [1.29, 1.82) is 0 Å². The van der Waals surface area contributed by atoms with Crippen molar-refractivity contribution in [1.82, 2.24) is 20.6 Å². The van der Waals surface area contributed by atoms with Gasteiger partial charge in [0.15, 0.2) is 0 Å². The summed E-state index contributed by atoms with van der Waals surface area (Å²) in [5.41, 5.74) is 0.536. The fourth-order valence-electron chi connectivity index (χ4n) is 4.86. The number of nitrogens with one attached hydrogen (secondary N) is 2. The van der Waals surface area contributed by atoms with Crippen molar-refractivity contribution >= 4 is 23.5 Å². The van der Waals surface area contributed by atoms with Gasteiger partial charge in [-0.15, -0.1) is 0 Å². The summed E-state index contributed by atoms with van der Waals surface area (Å²) in [6, 6.07) is 4.58. The minimum Gasteiger partial charge on any atom is -0.493 e. The Kier molecular flexibility index (Phi) is 13.2. The Hall–Kier alpha value is -2.53. The number of aliphatic hydroxyl groups excluding tert-OH is 2. The summed E-state index contributed by atoms with van der Waals surface area (Å²) < 4.78 is 20.9. The van der Waals surface area contributed by atoms with E-state index in [1.165, 1.54) is 13.0 Å². The lowest BCUT2D eigenvalue weighted by Gasteiger charge is -2.32. The molecule has 3 rings (SSSR count). The van der Waals surface area contributed by atoms with Gasteiger partial charge in [0.25, 0.3) is 0 Å². The number of carbonyl (C=O) groups excluding carboxylic acids is 1. The van der Waals surface area contributed by atoms with E-state index in [1.54, 1.807) is 24.5 Å². The number of aliphatic hydroxyl groups is 2. The highest BCUT2D eigenvalue weighted by atomic mass is 35.5. The van der Waals surface area contributed by atoms with Crippen molar-refractivity contribution in [3.8, 4) is 5.75 Å².